The Kier molecular flexibility index (Phi) is 4.96. The van der Waals surface area contributed by atoms with Crippen molar-refractivity contribution in [3.63, 3.8) is 0 Å². The van der Waals surface area contributed by atoms with Crippen LogP contribution in [0.1, 0.15) is 22.8 Å². The predicted molar refractivity (Wildman–Crippen MR) is 111 cm³/mol. The third-order valence-corrected chi connectivity index (χ3v) is 6.09. The number of methoxy groups -OCH3 is 3. The van der Waals surface area contributed by atoms with Gasteiger partial charge in [0.1, 0.15) is 5.75 Å². The third-order valence-electron chi connectivity index (χ3n) is 5.00. The number of hydrogen-bond donors (Lipinski definition) is 1. The zero-order chi connectivity index (χ0) is 19.7. The van der Waals surface area contributed by atoms with Gasteiger partial charge in [-0.1, -0.05) is 30.3 Å². The Morgan fingerprint density at radius 2 is 1.68 bits per heavy atom. The number of para-hydroxylation sites is 2. The van der Waals surface area contributed by atoms with Gasteiger partial charge in [-0.25, -0.2) is 0 Å². The molecule has 0 bridgehead atoms. The van der Waals surface area contributed by atoms with E-state index < -0.39 is 0 Å². The van der Waals surface area contributed by atoms with Crippen molar-refractivity contribution in [2.75, 3.05) is 26.6 Å². The van der Waals surface area contributed by atoms with Gasteiger partial charge >= 0.3 is 0 Å². The van der Waals surface area contributed by atoms with Crippen LogP contribution in [0, 0.1) is 0 Å². The molecule has 1 unspecified atom stereocenters. The number of nitrogens with one attached hydrogen (secondary N) is 1. The van der Waals surface area contributed by atoms with Gasteiger partial charge in [0.25, 0.3) is 0 Å². The molecule has 4 rings (SSSR count). The van der Waals surface area contributed by atoms with Gasteiger partial charge in [-0.3, -0.25) is 4.79 Å². The first-order valence-electron chi connectivity index (χ1n) is 8.93. The number of hydrogen-bond acceptors (Lipinski definition) is 5. The van der Waals surface area contributed by atoms with E-state index in [1.807, 2.05) is 42.5 Å². The summed E-state index contributed by atoms with van der Waals surface area (Å²) in [5.74, 6) is 1.99. The highest BCUT2D eigenvalue weighted by atomic mass is 32.1. The summed E-state index contributed by atoms with van der Waals surface area (Å²) >= 11 is 1.64. The molecule has 2 aromatic carbocycles. The third kappa shape index (κ3) is 2.99. The Bertz CT molecular complexity index is 1030. The summed E-state index contributed by atoms with van der Waals surface area (Å²) in [7, 11) is 4.89. The smallest absolute Gasteiger partial charge is 0.225 e. The lowest BCUT2D eigenvalue weighted by Gasteiger charge is -2.26. The fourth-order valence-electron chi connectivity index (χ4n) is 3.73. The zero-order valence-corrected chi connectivity index (χ0v) is 16.8. The van der Waals surface area contributed by atoms with Crippen LogP contribution in [0.25, 0.3) is 11.1 Å². The SMILES string of the molecule is COc1ccccc1-c1csc2c1NC(=O)CC2c1cccc(OC)c1OC. The minimum absolute atomic E-state index is 0.0167. The van der Waals surface area contributed by atoms with Crippen molar-refractivity contribution in [2.45, 2.75) is 12.3 Å². The van der Waals surface area contributed by atoms with Gasteiger partial charge < -0.3 is 19.5 Å². The monoisotopic (exact) mass is 395 g/mol. The molecule has 28 heavy (non-hydrogen) atoms. The van der Waals surface area contributed by atoms with Gasteiger partial charge in [0, 0.05) is 39.3 Å². The molecule has 144 valence electrons. The number of ether oxygens (including phenoxy) is 3. The maximum Gasteiger partial charge on any atom is 0.225 e. The van der Waals surface area contributed by atoms with Crippen molar-refractivity contribution in [1.29, 1.82) is 0 Å². The van der Waals surface area contributed by atoms with E-state index in [-0.39, 0.29) is 11.8 Å². The molecule has 3 aromatic rings. The van der Waals surface area contributed by atoms with Crippen molar-refractivity contribution >= 4 is 22.9 Å². The lowest BCUT2D eigenvalue weighted by atomic mass is 9.88. The maximum absolute atomic E-state index is 12.6. The lowest BCUT2D eigenvalue weighted by Crippen LogP contribution is -2.22. The summed E-state index contributed by atoms with van der Waals surface area (Å²) in [5, 5.41) is 5.15. The van der Waals surface area contributed by atoms with Crippen LogP contribution in [-0.2, 0) is 4.79 Å². The maximum atomic E-state index is 12.6. The van der Waals surface area contributed by atoms with Crippen molar-refractivity contribution in [2.24, 2.45) is 0 Å². The van der Waals surface area contributed by atoms with Gasteiger partial charge in [0.2, 0.25) is 5.91 Å². The van der Waals surface area contributed by atoms with E-state index in [4.69, 9.17) is 14.2 Å². The average molecular weight is 395 g/mol. The van der Waals surface area contributed by atoms with E-state index in [1.165, 1.54) is 0 Å². The van der Waals surface area contributed by atoms with Crippen LogP contribution in [-0.4, -0.2) is 27.2 Å². The van der Waals surface area contributed by atoms with Gasteiger partial charge in [-0.2, -0.15) is 0 Å². The summed E-state index contributed by atoms with van der Waals surface area (Å²) in [6.45, 7) is 0. The van der Waals surface area contributed by atoms with Crippen molar-refractivity contribution in [3.05, 3.63) is 58.3 Å². The number of fused-ring (bicyclic) bond motifs is 1. The Morgan fingerprint density at radius 3 is 2.43 bits per heavy atom. The summed E-state index contributed by atoms with van der Waals surface area (Å²) in [5.41, 5.74) is 3.73. The molecule has 0 aliphatic carbocycles. The van der Waals surface area contributed by atoms with Crippen molar-refractivity contribution in [3.8, 4) is 28.4 Å². The van der Waals surface area contributed by atoms with Crippen LogP contribution in [0.2, 0.25) is 0 Å². The Labute approximate surface area is 167 Å². The molecule has 2 heterocycles. The Hall–Kier alpha value is -2.99. The van der Waals surface area contributed by atoms with E-state index in [1.54, 1.807) is 32.7 Å². The molecule has 1 aliphatic heterocycles. The average Bonchev–Trinajstić information content (AvgIpc) is 3.15. The Morgan fingerprint density at radius 1 is 0.929 bits per heavy atom. The lowest BCUT2D eigenvalue weighted by molar-refractivity contribution is -0.116. The van der Waals surface area contributed by atoms with E-state index >= 15 is 0 Å². The molecule has 1 aromatic heterocycles. The minimum atomic E-state index is -0.0951. The molecule has 6 heteroatoms. The second kappa shape index (κ2) is 7.56. The van der Waals surface area contributed by atoms with E-state index in [2.05, 4.69) is 10.7 Å². The first-order chi connectivity index (χ1) is 13.7. The summed E-state index contributed by atoms with van der Waals surface area (Å²) in [6, 6.07) is 13.6. The fourth-order valence-corrected chi connectivity index (χ4v) is 4.87. The second-order valence-electron chi connectivity index (χ2n) is 6.48. The summed E-state index contributed by atoms with van der Waals surface area (Å²) in [6.07, 6.45) is 0.363. The number of anilines is 1. The van der Waals surface area contributed by atoms with Gasteiger partial charge in [0.05, 0.1) is 27.0 Å². The van der Waals surface area contributed by atoms with Crippen LogP contribution < -0.4 is 19.5 Å². The van der Waals surface area contributed by atoms with E-state index in [0.717, 1.165) is 33.0 Å². The fraction of sp³-hybridized carbons (Fsp3) is 0.227. The molecule has 1 atom stereocenters. The number of thiophene rings is 1. The number of benzene rings is 2. The highest BCUT2D eigenvalue weighted by Crippen LogP contribution is 2.50. The number of amides is 1. The molecular weight excluding hydrogens is 374 g/mol. The highest BCUT2D eigenvalue weighted by Gasteiger charge is 2.33. The Balaban J connectivity index is 1.87. The molecular formula is C22H21NO4S. The summed E-state index contributed by atoms with van der Waals surface area (Å²) < 4.78 is 16.6. The van der Waals surface area contributed by atoms with Gasteiger partial charge in [-0.05, 0) is 12.1 Å². The van der Waals surface area contributed by atoms with Crippen LogP contribution in [0.4, 0.5) is 5.69 Å². The topological polar surface area (TPSA) is 56.8 Å². The molecule has 1 aliphatic rings. The predicted octanol–water partition coefficient (Wildman–Crippen LogP) is 4.92. The second-order valence-corrected chi connectivity index (χ2v) is 7.39. The first kappa shape index (κ1) is 18.4. The minimum Gasteiger partial charge on any atom is -0.496 e. The molecule has 1 amide bonds. The van der Waals surface area contributed by atoms with Crippen LogP contribution in [0.15, 0.2) is 47.8 Å². The van der Waals surface area contributed by atoms with Crippen LogP contribution >= 0.6 is 11.3 Å². The summed E-state index contributed by atoms with van der Waals surface area (Å²) in [4.78, 5) is 13.7. The first-order valence-corrected chi connectivity index (χ1v) is 9.81. The molecule has 5 nitrogen and oxygen atoms in total. The molecule has 1 N–H and O–H groups in total. The van der Waals surface area contributed by atoms with E-state index in [9.17, 15) is 4.79 Å². The van der Waals surface area contributed by atoms with Gasteiger partial charge in [-0.15, -0.1) is 11.3 Å². The largest absolute Gasteiger partial charge is 0.496 e. The van der Waals surface area contributed by atoms with E-state index in [0.29, 0.717) is 17.9 Å². The molecule has 0 radical (unpaired) electrons. The molecule has 0 saturated carbocycles. The number of carbonyl (C=O) groups excluding carboxylic acids is 1. The van der Waals surface area contributed by atoms with Crippen LogP contribution in [0.3, 0.4) is 0 Å². The standard InChI is InChI=1S/C22H21NO4S/c1-25-17-9-5-4-7-13(17)16-12-28-22-15(11-19(24)23-20(16)22)14-8-6-10-18(26-2)21(14)27-3/h4-10,12,15H,11H2,1-3H3,(H,23,24). The van der Waals surface area contributed by atoms with Crippen molar-refractivity contribution < 1.29 is 19.0 Å². The number of carbonyl (C=O) groups is 1. The highest BCUT2D eigenvalue weighted by molar-refractivity contribution is 7.11. The van der Waals surface area contributed by atoms with Crippen molar-refractivity contribution in [1.82, 2.24) is 0 Å². The molecule has 0 fully saturated rings. The number of rotatable bonds is 5. The van der Waals surface area contributed by atoms with Gasteiger partial charge in [0.15, 0.2) is 11.5 Å². The zero-order valence-electron chi connectivity index (χ0n) is 15.9. The molecule has 0 spiro atoms. The quantitative estimate of drug-likeness (QED) is 0.667. The van der Waals surface area contributed by atoms with Crippen LogP contribution in [0.5, 0.6) is 17.2 Å². The normalized spacial score (nSPS) is 15.5. The molecule has 0 saturated heterocycles.